The fraction of sp³-hybridized carbons (Fsp3) is 0.300. The van der Waals surface area contributed by atoms with E-state index in [1.54, 1.807) is 0 Å². The smallest absolute Gasteiger partial charge is 0.234 e. The third-order valence-corrected chi connectivity index (χ3v) is 2.19. The number of carbonyl (C=O) groups is 1. The minimum absolute atomic E-state index is 0.0290. The second kappa shape index (κ2) is 4.05. The van der Waals surface area contributed by atoms with Crippen molar-refractivity contribution in [3.8, 4) is 0 Å². The third kappa shape index (κ3) is 2.29. The summed E-state index contributed by atoms with van der Waals surface area (Å²) in [5.41, 5.74) is 11.8. The minimum atomic E-state index is -0.609. The average Bonchev–Trinajstić information content (AvgIpc) is 2.17. The monoisotopic (exact) mass is 178 g/mol. The third-order valence-electron chi connectivity index (χ3n) is 2.19. The molecule has 1 aromatic carbocycles. The molecule has 0 saturated heterocycles. The van der Waals surface area contributed by atoms with Crippen LogP contribution in [0.5, 0.6) is 0 Å². The molecule has 4 N–H and O–H groups in total. The summed E-state index contributed by atoms with van der Waals surface area (Å²) in [4.78, 5) is 10.8. The van der Waals surface area contributed by atoms with E-state index in [0.29, 0.717) is 0 Å². The molecule has 3 nitrogen and oxygen atoms in total. The van der Waals surface area contributed by atoms with E-state index < -0.39 is 11.9 Å². The van der Waals surface area contributed by atoms with E-state index in [9.17, 15) is 4.79 Å². The predicted molar refractivity (Wildman–Crippen MR) is 52.0 cm³/mol. The van der Waals surface area contributed by atoms with E-state index in [2.05, 4.69) is 0 Å². The minimum Gasteiger partial charge on any atom is -0.368 e. The maximum absolute atomic E-state index is 10.8. The van der Waals surface area contributed by atoms with Gasteiger partial charge in [-0.2, -0.15) is 0 Å². The van der Waals surface area contributed by atoms with Gasteiger partial charge in [0.05, 0.1) is 6.04 Å². The molecule has 0 aromatic heterocycles. The van der Waals surface area contributed by atoms with E-state index in [-0.39, 0.29) is 5.92 Å². The normalized spacial score (nSPS) is 14.9. The van der Waals surface area contributed by atoms with Crippen LogP contribution in [0.4, 0.5) is 0 Å². The molecule has 0 spiro atoms. The van der Waals surface area contributed by atoms with Crippen LogP contribution in [0.25, 0.3) is 0 Å². The fourth-order valence-corrected chi connectivity index (χ4v) is 1.21. The molecule has 1 aromatic rings. The Morgan fingerprint density at radius 2 is 1.85 bits per heavy atom. The number of amides is 1. The van der Waals surface area contributed by atoms with Crippen LogP contribution in [0.3, 0.4) is 0 Å². The molecule has 0 aliphatic heterocycles. The predicted octanol–water partition coefficient (Wildman–Crippen LogP) is 0.603. The van der Waals surface area contributed by atoms with Gasteiger partial charge in [0.1, 0.15) is 0 Å². The van der Waals surface area contributed by atoms with Gasteiger partial charge in [-0.05, 0) is 5.56 Å². The van der Waals surface area contributed by atoms with Crippen LogP contribution in [0.1, 0.15) is 18.4 Å². The van der Waals surface area contributed by atoms with Gasteiger partial charge in [0.2, 0.25) is 5.91 Å². The highest BCUT2D eigenvalue weighted by atomic mass is 16.1. The first-order chi connectivity index (χ1) is 6.13. The van der Waals surface area contributed by atoms with E-state index in [1.807, 2.05) is 37.3 Å². The molecule has 0 aliphatic carbocycles. The Morgan fingerprint density at radius 1 is 1.31 bits per heavy atom. The van der Waals surface area contributed by atoms with E-state index in [0.717, 1.165) is 5.56 Å². The maximum Gasteiger partial charge on any atom is 0.234 e. The first-order valence-electron chi connectivity index (χ1n) is 4.22. The summed E-state index contributed by atoms with van der Waals surface area (Å²) in [6.45, 7) is 1.89. The van der Waals surface area contributed by atoms with Crippen molar-refractivity contribution in [1.29, 1.82) is 0 Å². The summed E-state index contributed by atoms with van der Waals surface area (Å²) in [5, 5.41) is 0. The van der Waals surface area contributed by atoms with Crippen LogP contribution in [0.2, 0.25) is 0 Å². The van der Waals surface area contributed by atoms with Gasteiger partial charge in [-0.1, -0.05) is 37.3 Å². The molecule has 2 atom stereocenters. The number of rotatable bonds is 3. The summed E-state index contributed by atoms with van der Waals surface area (Å²) >= 11 is 0. The molecule has 0 bridgehead atoms. The van der Waals surface area contributed by atoms with Crippen molar-refractivity contribution in [3.05, 3.63) is 35.9 Å². The first-order valence-corrected chi connectivity index (χ1v) is 4.22. The molecule has 1 amide bonds. The number of hydrogen-bond acceptors (Lipinski definition) is 2. The zero-order valence-corrected chi connectivity index (χ0v) is 7.60. The molecule has 3 heteroatoms. The second-order valence-electron chi connectivity index (χ2n) is 3.13. The average molecular weight is 178 g/mol. The number of nitrogens with two attached hydrogens (primary N) is 2. The Bertz CT molecular complexity index is 284. The zero-order valence-electron chi connectivity index (χ0n) is 7.60. The standard InChI is InChI=1S/C10H14N2O/c1-7(9(11)10(12)13)8-5-3-2-4-6-8/h2-7,9H,11H2,1H3,(H2,12,13)/t7-,9-/m1/s1. The quantitative estimate of drug-likeness (QED) is 0.711. The van der Waals surface area contributed by atoms with Gasteiger partial charge < -0.3 is 11.5 Å². The fourth-order valence-electron chi connectivity index (χ4n) is 1.21. The van der Waals surface area contributed by atoms with Crippen molar-refractivity contribution in [1.82, 2.24) is 0 Å². The summed E-state index contributed by atoms with van der Waals surface area (Å²) in [6, 6.07) is 9.02. The van der Waals surface area contributed by atoms with Gasteiger partial charge in [0, 0.05) is 5.92 Å². The highest BCUT2D eigenvalue weighted by Crippen LogP contribution is 2.16. The van der Waals surface area contributed by atoms with Gasteiger partial charge in [0.15, 0.2) is 0 Å². The number of carbonyl (C=O) groups excluding carboxylic acids is 1. The van der Waals surface area contributed by atoms with Gasteiger partial charge >= 0.3 is 0 Å². The topological polar surface area (TPSA) is 69.1 Å². The summed E-state index contributed by atoms with van der Waals surface area (Å²) < 4.78 is 0. The number of benzene rings is 1. The zero-order chi connectivity index (χ0) is 9.84. The molecular weight excluding hydrogens is 164 g/mol. The van der Waals surface area contributed by atoms with Crippen LogP contribution >= 0.6 is 0 Å². The summed E-state index contributed by atoms with van der Waals surface area (Å²) in [6.07, 6.45) is 0. The van der Waals surface area contributed by atoms with Gasteiger partial charge in [-0.25, -0.2) is 0 Å². The van der Waals surface area contributed by atoms with E-state index in [4.69, 9.17) is 11.5 Å². The summed E-state index contributed by atoms with van der Waals surface area (Å²) in [7, 11) is 0. The largest absolute Gasteiger partial charge is 0.368 e. The molecule has 0 radical (unpaired) electrons. The van der Waals surface area contributed by atoms with Crippen molar-refractivity contribution < 1.29 is 4.79 Å². The Kier molecular flexibility index (Phi) is 3.03. The Hall–Kier alpha value is -1.35. The Morgan fingerprint density at radius 3 is 2.31 bits per heavy atom. The van der Waals surface area contributed by atoms with E-state index in [1.165, 1.54) is 0 Å². The lowest BCUT2D eigenvalue weighted by Gasteiger charge is -2.16. The number of hydrogen-bond donors (Lipinski definition) is 2. The van der Waals surface area contributed by atoms with Crippen molar-refractivity contribution in [2.24, 2.45) is 11.5 Å². The van der Waals surface area contributed by atoms with Crippen LogP contribution < -0.4 is 11.5 Å². The van der Waals surface area contributed by atoms with Gasteiger partial charge in [0.25, 0.3) is 0 Å². The maximum atomic E-state index is 10.8. The van der Waals surface area contributed by atoms with Crippen LogP contribution in [0.15, 0.2) is 30.3 Å². The molecule has 13 heavy (non-hydrogen) atoms. The lowest BCUT2D eigenvalue weighted by molar-refractivity contribution is -0.119. The molecule has 0 fully saturated rings. The molecule has 0 saturated carbocycles. The number of primary amides is 1. The SMILES string of the molecule is C[C@H](c1ccccc1)[C@@H](N)C(N)=O. The van der Waals surface area contributed by atoms with E-state index >= 15 is 0 Å². The molecule has 1 rings (SSSR count). The molecule has 0 heterocycles. The highest BCUT2D eigenvalue weighted by Gasteiger charge is 2.18. The molecule has 70 valence electrons. The van der Waals surface area contributed by atoms with Crippen molar-refractivity contribution in [3.63, 3.8) is 0 Å². The Balaban J connectivity index is 2.79. The second-order valence-corrected chi connectivity index (χ2v) is 3.13. The van der Waals surface area contributed by atoms with Crippen LogP contribution in [0, 0.1) is 0 Å². The van der Waals surface area contributed by atoms with Crippen molar-refractivity contribution >= 4 is 5.91 Å². The summed E-state index contributed by atoms with van der Waals surface area (Å²) in [5.74, 6) is -0.491. The lowest BCUT2D eigenvalue weighted by atomic mass is 9.94. The van der Waals surface area contributed by atoms with Gasteiger partial charge in [-0.3, -0.25) is 4.79 Å². The van der Waals surface area contributed by atoms with Gasteiger partial charge in [-0.15, -0.1) is 0 Å². The van der Waals surface area contributed by atoms with Crippen molar-refractivity contribution in [2.45, 2.75) is 18.9 Å². The first kappa shape index (κ1) is 9.74. The molecule has 0 aliphatic rings. The lowest BCUT2D eigenvalue weighted by Crippen LogP contribution is -2.40. The van der Waals surface area contributed by atoms with Crippen molar-refractivity contribution in [2.75, 3.05) is 0 Å². The Labute approximate surface area is 77.7 Å². The van der Waals surface area contributed by atoms with Crippen LogP contribution in [-0.4, -0.2) is 11.9 Å². The van der Waals surface area contributed by atoms with Crippen LogP contribution in [-0.2, 0) is 4.79 Å². The molecule has 0 unspecified atom stereocenters. The molecular formula is C10H14N2O. The highest BCUT2D eigenvalue weighted by molar-refractivity contribution is 5.80.